The van der Waals surface area contributed by atoms with Crippen molar-refractivity contribution in [2.75, 3.05) is 0 Å². The van der Waals surface area contributed by atoms with Crippen LogP contribution >= 0.6 is 0 Å². The SMILES string of the molecule is O=C(O)CC[C@H](NC(=O)C1c2ccccc2-c2ccccc21)C(=O)NC12CC3CC(CC(C3)C1)C2. The van der Waals surface area contributed by atoms with Crippen molar-refractivity contribution in [1.29, 1.82) is 0 Å². The minimum atomic E-state index is -0.969. The second-order valence-electron chi connectivity index (χ2n) is 11.3. The third-order valence-corrected chi connectivity index (χ3v) is 8.80. The van der Waals surface area contributed by atoms with E-state index in [9.17, 15) is 19.5 Å². The van der Waals surface area contributed by atoms with Crippen LogP contribution in [0.15, 0.2) is 48.5 Å². The number of rotatable bonds is 7. The highest BCUT2D eigenvalue weighted by Gasteiger charge is 2.52. The molecule has 0 aromatic heterocycles. The number of carboxylic acids is 1. The molecule has 35 heavy (non-hydrogen) atoms. The van der Waals surface area contributed by atoms with E-state index in [0.717, 1.165) is 41.5 Å². The maximum Gasteiger partial charge on any atom is 0.303 e. The van der Waals surface area contributed by atoms with Crippen LogP contribution in [0.3, 0.4) is 0 Å². The fraction of sp³-hybridized carbons (Fsp3) is 0.483. The Bertz CT molecular complexity index is 1110. The van der Waals surface area contributed by atoms with Gasteiger partial charge in [0.05, 0.1) is 5.92 Å². The van der Waals surface area contributed by atoms with E-state index in [1.54, 1.807) is 0 Å². The van der Waals surface area contributed by atoms with Gasteiger partial charge in [-0.25, -0.2) is 0 Å². The second-order valence-corrected chi connectivity index (χ2v) is 11.3. The van der Waals surface area contributed by atoms with Crippen LogP contribution in [-0.4, -0.2) is 34.5 Å². The Morgan fingerprint density at radius 1 is 0.857 bits per heavy atom. The van der Waals surface area contributed by atoms with Crippen LogP contribution in [0.4, 0.5) is 0 Å². The van der Waals surface area contributed by atoms with E-state index in [-0.39, 0.29) is 30.2 Å². The van der Waals surface area contributed by atoms with Gasteiger partial charge in [0.2, 0.25) is 11.8 Å². The van der Waals surface area contributed by atoms with E-state index >= 15 is 0 Å². The standard InChI is InChI=1S/C29H32N2O4/c32-25(33)10-9-24(27(34)31-29-14-17-11-18(15-29)13-19(12-17)16-29)30-28(35)26-22-7-3-1-5-20(22)21-6-2-4-8-23(21)26/h1-8,17-19,24,26H,9-16H2,(H,30,35)(H,31,34)(H,32,33)/t17?,18?,19?,24-,29?/m0/s1. The van der Waals surface area contributed by atoms with Gasteiger partial charge in [0.1, 0.15) is 6.04 Å². The Morgan fingerprint density at radius 3 is 1.89 bits per heavy atom. The highest BCUT2D eigenvalue weighted by Crippen LogP contribution is 2.55. The van der Waals surface area contributed by atoms with Crippen LogP contribution in [-0.2, 0) is 14.4 Å². The quantitative estimate of drug-likeness (QED) is 0.562. The van der Waals surface area contributed by atoms with Crippen molar-refractivity contribution in [2.24, 2.45) is 17.8 Å². The summed E-state index contributed by atoms with van der Waals surface area (Å²) in [7, 11) is 0. The molecule has 4 bridgehead atoms. The molecule has 4 fully saturated rings. The Labute approximate surface area is 205 Å². The summed E-state index contributed by atoms with van der Waals surface area (Å²) in [6, 6.07) is 14.9. The molecule has 0 radical (unpaired) electrons. The molecule has 0 saturated heterocycles. The van der Waals surface area contributed by atoms with Gasteiger partial charge in [-0.2, -0.15) is 0 Å². The summed E-state index contributed by atoms with van der Waals surface area (Å²) >= 11 is 0. The molecule has 0 spiro atoms. The number of benzene rings is 2. The molecule has 1 atom stereocenters. The van der Waals surface area contributed by atoms with Crippen LogP contribution < -0.4 is 10.6 Å². The monoisotopic (exact) mass is 472 g/mol. The van der Waals surface area contributed by atoms with Crippen molar-refractivity contribution in [3.8, 4) is 11.1 Å². The van der Waals surface area contributed by atoms with Crippen molar-refractivity contribution in [1.82, 2.24) is 10.6 Å². The number of hydrogen-bond donors (Lipinski definition) is 3. The molecule has 5 aliphatic rings. The molecular formula is C29H32N2O4. The van der Waals surface area contributed by atoms with Gasteiger partial charge in [-0.3, -0.25) is 14.4 Å². The fourth-order valence-corrected chi connectivity index (χ4v) is 7.84. The summed E-state index contributed by atoms with van der Waals surface area (Å²) < 4.78 is 0. The average molecular weight is 473 g/mol. The van der Waals surface area contributed by atoms with Crippen molar-refractivity contribution in [2.45, 2.75) is 68.9 Å². The molecule has 2 amide bonds. The zero-order valence-electron chi connectivity index (χ0n) is 19.8. The number of nitrogens with one attached hydrogen (secondary N) is 2. The summed E-state index contributed by atoms with van der Waals surface area (Å²) in [6.07, 6.45) is 6.75. The van der Waals surface area contributed by atoms with Gasteiger partial charge in [-0.05, 0) is 85.0 Å². The van der Waals surface area contributed by atoms with Crippen molar-refractivity contribution in [3.63, 3.8) is 0 Å². The van der Waals surface area contributed by atoms with Crippen molar-refractivity contribution in [3.05, 3.63) is 59.7 Å². The number of carbonyl (C=O) groups is 3. The van der Waals surface area contributed by atoms with Gasteiger partial charge in [0.25, 0.3) is 0 Å². The molecule has 3 N–H and O–H groups in total. The van der Waals surface area contributed by atoms with E-state index in [1.165, 1.54) is 19.3 Å². The lowest BCUT2D eigenvalue weighted by Crippen LogP contribution is -2.62. The zero-order valence-corrected chi connectivity index (χ0v) is 19.8. The van der Waals surface area contributed by atoms with Crippen LogP contribution in [0.1, 0.15) is 68.4 Å². The van der Waals surface area contributed by atoms with E-state index in [0.29, 0.717) is 17.8 Å². The van der Waals surface area contributed by atoms with E-state index < -0.39 is 17.9 Å². The van der Waals surface area contributed by atoms with Gasteiger partial charge in [0, 0.05) is 12.0 Å². The summed E-state index contributed by atoms with van der Waals surface area (Å²) in [6.45, 7) is 0. The Morgan fingerprint density at radius 2 is 1.37 bits per heavy atom. The molecular weight excluding hydrogens is 440 g/mol. The van der Waals surface area contributed by atoms with E-state index in [2.05, 4.69) is 10.6 Å². The number of hydrogen-bond acceptors (Lipinski definition) is 3. The molecule has 6 nitrogen and oxygen atoms in total. The molecule has 0 unspecified atom stereocenters. The van der Waals surface area contributed by atoms with Gasteiger partial charge in [-0.1, -0.05) is 48.5 Å². The summed E-state index contributed by atoms with van der Waals surface area (Å²) in [4.78, 5) is 38.6. The fourth-order valence-electron chi connectivity index (χ4n) is 7.84. The predicted octanol–water partition coefficient (Wildman–Crippen LogP) is 4.23. The highest BCUT2D eigenvalue weighted by atomic mass is 16.4. The number of carbonyl (C=O) groups excluding carboxylic acids is 2. The van der Waals surface area contributed by atoms with Crippen molar-refractivity contribution < 1.29 is 19.5 Å². The molecule has 0 heterocycles. The molecule has 6 heteroatoms. The van der Waals surface area contributed by atoms with Crippen LogP contribution in [0, 0.1) is 17.8 Å². The predicted molar refractivity (Wildman–Crippen MR) is 132 cm³/mol. The molecule has 5 aliphatic carbocycles. The maximum atomic E-state index is 13.7. The topological polar surface area (TPSA) is 95.5 Å². The Balaban J connectivity index is 1.24. The molecule has 2 aromatic rings. The van der Waals surface area contributed by atoms with Gasteiger partial charge >= 0.3 is 5.97 Å². The lowest BCUT2D eigenvalue weighted by Gasteiger charge is -2.57. The summed E-state index contributed by atoms with van der Waals surface area (Å²) in [5.41, 5.74) is 3.71. The Kier molecular flexibility index (Phi) is 5.42. The largest absolute Gasteiger partial charge is 0.481 e. The normalized spacial score (nSPS) is 28.7. The van der Waals surface area contributed by atoms with Crippen LogP contribution in [0.2, 0.25) is 0 Å². The average Bonchev–Trinajstić information content (AvgIpc) is 3.15. The first-order chi connectivity index (χ1) is 16.9. The summed E-state index contributed by atoms with van der Waals surface area (Å²) in [5.74, 6) is 0.0744. The summed E-state index contributed by atoms with van der Waals surface area (Å²) in [5, 5.41) is 15.6. The number of carboxylic acid groups (broad SMARTS) is 1. The van der Waals surface area contributed by atoms with E-state index in [4.69, 9.17) is 0 Å². The van der Waals surface area contributed by atoms with Gasteiger partial charge < -0.3 is 15.7 Å². The number of amides is 2. The molecule has 4 saturated carbocycles. The second kappa shape index (κ2) is 8.51. The molecule has 2 aromatic carbocycles. The minimum absolute atomic E-state index is 0.0787. The maximum absolute atomic E-state index is 13.7. The van der Waals surface area contributed by atoms with Crippen LogP contribution in [0.5, 0.6) is 0 Å². The van der Waals surface area contributed by atoms with Gasteiger partial charge in [0.15, 0.2) is 0 Å². The minimum Gasteiger partial charge on any atom is -0.481 e. The third kappa shape index (κ3) is 4.03. The first-order valence-corrected chi connectivity index (χ1v) is 12.9. The first-order valence-electron chi connectivity index (χ1n) is 12.9. The number of fused-ring (bicyclic) bond motifs is 3. The van der Waals surface area contributed by atoms with Crippen LogP contribution in [0.25, 0.3) is 11.1 Å². The molecule has 182 valence electrons. The van der Waals surface area contributed by atoms with Gasteiger partial charge in [-0.15, -0.1) is 0 Å². The highest BCUT2D eigenvalue weighted by molar-refractivity contribution is 5.98. The molecule has 0 aliphatic heterocycles. The molecule has 7 rings (SSSR count). The smallest absolute Gasteiger partial charge is 0.303 e. The van der Waals surface area contributed by atoms with E-state index in [1.807, 2.05) is 48.5 Å². The Hall–Kier alpha value is -3.15. The first kappa shape index (κ1) is 22.3. The third-order valence-electron chi connectivity index (χ3n) is 8.80. The lowest BCUT2D eigenvalue weighted by molar-refractivity contribution is -0.138. The zero-order chi connectivity index (χ0) is 24.2. The lowest BCUT2D eigenvalue weighted by atomic mass is 9.53. The van der Waals surface area contributed by atoms with Crippen molar-refractivity contribution >= 4 is 17.8 Å². The number of aliphatic carboxylic acids is 1.